The van der Waals surface area contributed by atoms with E-state index in [2.05, 4.69) is 255 Å². The highest BCUT2D eigenvalue weighted by molar-refractivity contribution is 6.18. The Morgan fingerprint density at radius 1 is 0.230 bits per heavy atom. The van der Waals surface area contributed by atoms with Gasteiger partial charge in [-0.1, -0.05) is 176 Å². The molecule has 0 unspecified atom stereocenters. The van der Waals surface area contributed by atoms with E-state index in [9.17, 15) is 10.5 Å². The first-order valence-electron chi connectivity index (χ1n) is 24.9. The van der Waals surface area contributed by atoms with Crippen molar-refractivity contribution in [2.75, 3.05) is 0 Å². The molecule has 0 amide bonds. The van der Waals surface area contributed by atoms with Crippen LogP contribution in [0.25, 0.3) is 132 Å². The topological polar surface area (TPSA) is 67.3 Å². The highest BCUT2D eigenvalue weighted by atomic mass is 15.1. The van der Waals surface area contributed by atoms with E-state index >= 15 is 0 Å². The van der Waals surface area contributed by atoms with E-state index in [0.29, 0.717) is 11.1 Å². The fourth-order valence-electron chi connectivity index (χ4n) is 12.3. The minimum atomic E-state index is 0.398. The van der Waals surface area contributed by atoms with E-state index in [1.54, 1.807) is 6.07 Å². The molecule has 0 fully saturated rings. The lowest BCUT2D eigenvalue weighted by molar-refractivity contribution is 1.03. The molecule has 11 aromatic carbocycles. The van der Waals surface area contributed by atoms with E-state index < -0.39 is 0 Å². The Morgan fingerprint density at radius 3 is 0.730 bits per heavy atom. The van der Waals surface area contributed by atoms with Crippen LogP contribution in [0.2, 0.25) is 0 Å². The molecule has 0 bridgehead atoms. The molecule has 4 aromatic heterocycles. The zero-order valence-electron chi connectivity index (χ0n) is 39.8. The average Bonchev–Trinajstić information content (AvgIpc) is 4.22. The standard InChI is InChI=1S/C68H40N6/c69-41-43-38-44(42-70)40-46(39-43)64-63(45-20-2-1-3-21-45)65(71-55-30-12-4-22-47(55)48-23-5-13-31-56(48)71)67(73-59-34-16-8-26-51(59)52-27-9-17-35-60(52)73)68(74-61-36-18-10-28-53(61)54-29-11-19-37-62(54)74)66(64)72-57-32-14-6-24-49(57)50-25-7-15-33-58(50)72/h1-40H. The normalized spacial score (nSPS) is 11.8. The summed E-state index contributed by atoms with van der Waals surface area (Å²) in [6.45, 7) is 0. The molecule has 15 aromatic rings. The van der Waals surface area contributed by atoms with Gasteiger partial charge in [-0.2, -0.15) is 10.5 Å². The molecule has 74 heavy (non-hydrogen) atoms. The van der Waals surface area contributed by atoms with Gasteiger partial charge in [-0.05, 0) is 77.9 Å². The highest BCUT2D eigenvalue weighted by Gasteiger charge is 2.35. The quantitative estimate of drug-likeness (QED) is 0.167. The molecule has 4 heterocycles. The SMILES string of the molecule is N#Cc1cc(C#N)cc(-c2c(-c3ccccc3)c(-n3c4ccccc4c4ccccc43)c(-n3c4ccccc4c4ccccc43)c(-n3c4ccccc4c4ccccc43)c2-n2c3ccccc3c3ccccc32)c1. The molecule has 6 heteroatoms. The van der Waals surface area contributed by atoms with Gasteiger partial charge in [0.05, 0.1) is 90.1 Å². The summed E-state index contributed by atoms with van der Waals surface area (Å²) in [7, 11) is 0. The summed E-state index contributed by atoms with van der Waals surface area (Å²) in [5.41, 5.74) is 16.3. The first kappa shape index (κ1) is 41.4. The summed E-state index contributed by atoms with van der Waals surface area (Å²) >= 11 is 0. The first-order valence-corrected chi connectivity index (χ1v) is 24.9. The average molecular weight is 941 g/mol. The number of benzene rings is 11. The van der Waals surface area contributed by atoms with Crippen molar-refractivity contribution in [1.29, 1.82) is 10.5 Å². The van der Waals surface area contributed by atoms with Gasteiger partial charge in [-0.3, -0.25) is 0 Å². The van der Waals surface area contributed by atoms with E-state index in [0.717, 1.165) is 132 Å². The van der Waals surface area contributed by atoms with E-state index in [-0.39, 0.29) is 0 Å². The molecule has 0 atom stereocenters. The molecule has 0 saturated carbocycles. The Labute approximate surface area is 424 Å². The maximum Gasteiger partial charge on any atom is 0.0992 e. The van der Waals surface area contributed by atoms with Crippen molar-refractivity contribution in [2.45, 2.75) is 0 Å². The second-order valence-corrected chi connectivity index (χ2v) is 19.0. The Hall–Kier alpha value is -10.4. The van der Waals surface area contributed by atoms with Gasteiger partial charge < -0.3 is 18.3 Å². The first-order chi connectivity index (χ1) is 36.7. The maximum atomic E-state index is 10.9. The van der Waals surface area contributed by atoms with Crippen LogP contribution in [0, 0.1) is 22.7 Å². The summed E-state index contributed by atoms with van der Waals surface area (Å²) in [4.78, 5) is 0. The van der Waals surface area contributed by atoms with E-state index in [1.165, 1.54) is 0 Å². The van der Waals surface area contributed by atoms with Crippen LogP contribution in [0.4, 0.5) is 0 Å². The van der Waals surface area contributed by atoms with Crippen LogP contribution in [-0.4, -0.2) is 18.3 Å². The number of hydrogen-bond donors (Lipinski definition) is 0. The van der Waals surface area contributed by atoms with Gasteiger partial charge >= 0.3 is 0 Å². The summed E-state index contributed by atoms with van der Waals surface area (Å²) in [6, 6.07) is 91.2. The Balaban J connectivity index is 1.37. The minimum Gasteiger partial charge on any atom is -0.306 e. The van der Waals surface area contributed by atoms with Crippen molar-refractivity contribution in [3.05, 3.63) is 254 Å². The van der Waals surface area contributed by atoms with Crippen molar-refractivity contribution in [3.63, 3.8) is 0 Å². The highest BCUT2D eigenvalue weighted by Crippen LogP contribution is 2.54. The number of nitrogens with zero attached hydrogens (tertiary/aromatic N) is 6. The second-order valence-electron chi connectivity index (χ2n) is 19.0. The van der Waals surface area contributed by atoms with Crippen LogP contribution in [-0.2, 0) is 0 Å². The Morgan fingerprint density at radius 2 is 0.459 bits per heavy atom. The molecule has 0 N–H and O–H groups in total. The number of aromatic nitrogens is 4. The third kappa shape index (κ3) is 5.79. The molecule has 342 valence electrons. The fourth-order valence-corrected chi connectivity index (χ4v) is 12.3. The van der Waals surface area contributed by atoms with Crippen LogP contribution in [0.5, 0.6) is 0 Å². The Bertz CT molecular complexity index is 4680. The monoisotopic (exact) mass is 940 g/mol. The lowest BCUT2D eigenvalue weighted by atomic mass is 9.87. The van der Waals surface area contributed by atoms with Crippen molar-refractivity contribution < 1.29 is 0 Å². The largest absolute Gasteiger partial charge is 0.306 e. The molecule has 0 aliphatic heterocycles. The molecule has 15 rings (SSSR count). The van der Waals surface area contributed by atoms with Crippen LogP contribution < -0.4 is 0 Å². The molecular weight excluding hydrogens is 901 g/mol. The van der Waals surface area contributed by atoms with E-state index in [1.807, 2.05) is 12.1 Å². The number of fused-ring (bicyclic) bond motifs is 12. The zero-order valence-corrected chi connectivity index (χ0v) is 39.8. The van der Waals surface area contributed by atoms with Crippen molar-refractivity contribution in [3.8, 4) is 57.1 Å². The van der Waals surface area contributed by atoms with Crippen LogP contribution in [0.3, 0.4) is 0 Å². The van der Waals surface area contributed by atoms with Gasteiger partial charge in [0.1, 0.15) is 0 Å². The third-order valence-electron chi connectivity index (χ3n) is 15.2. The fraction of sp³-hybridized carbons (Fsp3) is 0. The van der Waals surface area contributed by atoms with Crippen LogP contribution in [0.1, 0.15) is 11.1 Å². The van der Waals surface area contributed by atoms with Gasteiger partial charge in [0.25, 0.3) is 0 Å². The molecule has 0 aliphatic rings. The summed E-state index contributed by atoms with van der Waals surface area (Å²) in [5.74, 6) is 0. The van der Waals surface area contributed by atoms with Gasteiger partial charge in [-0.25, -0.2) is 0 Å². The molecule has 6 nitrogen and oxygen atoms in total. The molecule has 0 radical (unpaired) electrons. The summed E-state index contributed by atoms with van der Waals surface area (Å²) < 4.78 is 9.96. The molecule has 0 aliphatic carbocycles. The third-order valence-corrected chi connectivity index (χ3v) is 15.2. The number of hydrogen-bond acceptors (Lipinski definition) is 2. The molecular formula is C68H40N6. The van der Waals surface area contributed by atoms with Gasteiger partial charge in [0, 0.05) is 54.2 Å². The van der Waals surface area contributed by atoms with E-state index in [4.69, 9.17) is 0 Å². The van der Waals surface area contributed by atoms with Crippen LogP contribution >= 0.6 is 0 Å². The van der Waals surface area contributed by atoms with Gasteiger partial charge in [-0.15, -0.1) is 0 Å². The minimum absolute atomic E-state index is 0.398. The van der Waals surface area contributed by atoms with Crippen molar-refractivity contribution >= 4 is 87.2 Å². The summed E-state index contributed by atoms with van der Waals surface area (Å²) in [6.07, 6.45) is 0. The number of nitriles is 2. The predicted octanol–water partition coefficient (Wildman–Crippen LogP) is 17.2. The number of rotatable bonds is 6. The lowest BCUT2D eigenvalue weighted by Crippen LogP contribution is -2.16. The number of para-hydroxylation sites is 8. The predicted molar refractivity (Wildman–Crippen MR) is 304 cm³/mol. The molecule has 0 saturated heterocycles. The van der Waals surface area contributed by atoms with Gasteiger partial charge in [0.2, 0.25) is 0 Å². The smallest absolute Gasteiger partial charge is 0.0992 e. The summed E-state index contributed by atoms with van der Waals surface area (Å²) in [5, 5.41) is 30.8. The zero-order chi connectivity index (χ0) is 49.0. The van der Waals surface area contributed by atoms with Crippen molar-refractivity contribution in [1.82, 2.24) is 18.3 Å². The van der Waals surface area contributed by atoms with Gasteiger partial charge in [0.15, 0.2) is 0 Å². The van der Waals surface area contributed by atoms with Crippen LogP contribution in [0.15, 0.2) is 243 Å². The second kappa shape index (κ2) is 16.1. The Kier molecular flexibility index (Phi) is 8.99. The molecule has 0 spiro atoms. The lowest BCUT2D eigenvalue weighted by Gasteiger charge is -2.31. The van der Waals surface area contributed by atoms with Crippen molar-refractivity contribution in [2.24, 2.45) is 0 Å². The maximum absolute atomic E-state index is 10.9.